The Hall–Kier alpha value is -2.74. The van der Waals surface area contributed by atoms with Crippen LogP contribution >= 0.6 is 11.3 Å². The van der Waals surface area contributed by atoms with E-state index in [2.05, 4.69) is 14.9 Å². The summed E-state index contributed by atoms with van der Waals surface area (Å²) in [6.45, 7) is 2.24. The number of likely N-dealkylation sites (N-methyl/N-ethyl adjacent to an activating group) is 1. The summed E-state index contributed by atoms with van der Waals surface area (Å²) in [7, 11) is 3.47. The fourth-order valence-electron chi connectivity index (χ4n) is 3.30. The summed E-state index contributed by atoms with van der Waals surface area (Å²) in [6, 6.07) is 6.26. The minimum Gasteiger partial charge on any atom is -0.348 e. The maximum Gasteiger partial charge on any atom is 0.242 e. The van der Waals surface area contributed by atoms with Gasteiger partial charge < -0.3 is 14.4 Å². The predicted octanol–water partition coefficient (Wildman–Crippen LogP) is 3.50. The highest BCUT2D eigenvalue weighted by molar-refractivity contribution is 7.18. The maximum absolute atomic E-state index is 13.4. The van der Waals surface area contributed by atoms with Crippen molar-refractivity contribution in [2.45, 2.75) is 19.4 Å². The van der Waals surface area contributed by atoms with Crippen LogP contribution in [0.4, 0.5) is 9.52 Å². The van der Waals surface area contributed by atoms with Crippen LogP contribution in [0.3, 0.4) is 0 Å². The number of nitrogens with zero attached hydrogens (tertiary/aromatic N) is 5. The van der Waals surface area contributed by atoms with E-state index in [9.17, 15) is 9.18 Å². The van der Waals surface area contributed by atoms with Gasteiger partial charge in [-0.3, -0.25) is 4.79 Å². The molecule has 0 saturated carbocycles. The normalized spacial score (nSPS) is 13.9. The van der Waals surface area contributed by atoms with E-state index in [-0.39, 0.29) is 18.3 Å². The van der Waals surface area contributed by atoms with Crippen molar-refractivity contribution in [1.29, 1.82) is 0 Å². The van der Waals surface area contributed by atoms with E-state index >= 15 is 0 Å². The standard InChI is InChI=1S/C20H22FN5OS/c1-24(2)17(27)12-26-13-23-18(14-5-7-15(21)8-6-14)19(26)16-11-22-20(28-16)25-9-3-4-10-25/h5-8,11,13H,3-4,9-10,12H2,1-2H3. The lowest BCUT2D eigenvalue weighted by Crippen LogP contribution is -2.26. The minimum absolute atomic E-state index is 0.0198. The highest BCUT2D eigenvalue weighted by Crippen LogP contribution is 2.37. The molecule has 8 heteroatoms. The van der Waals surface area contributed by atoms with Crippen molar-refractivity contribution in [3.63, 3.8) is 0 Å². The Morgan fingerprint density at radius 1 is 1.18 bits per heavy atom. The van der Waals surface area contributed by atoms with Crippen LogP contribution < -0.4 is 4.90 Å². The number of carbonyl (C=O) groups excluding carboxylic acids is 1. The number of hydrogen-bond donors (Lipinski definition) is 0. The number of rotatable bonds is 5. The number of benzene rings is 1. The number of carbonyl (C=O) groups is 1. The molecule has 0 atom stereocenters. The van der Waals surface area contributed by atoms with Gasteiger partial charge in [0.25, 0.3) is 0 Å². The first kappa shape index (κ1) is 18.6. The SMILES string of the molecule is CN(C)C(=O)Cn1cnc(-c2ccc(F)cc2)c1-c1cnc(N2CCCC2)s1. The number of hydrogen-bond acceptors (Lipinski definition) is 5. The van der Waals surface area contributed by atoms with Gasteiger partial charge in [-0.25, -0.2) is 14.4 Å². The quantitative estimate of drug-likeness (QED) is 0.659. The molecule has 1 fully saturated rings. The lowest BCUT2D eigenvalue weighted by molar-refractivity contribution is -0.129. The average Bonchev–Trinajstić information content (AvgIpc) is 3.42. The van der Waals surface area contributed by atoms with Crippen molar-refractivity contribution in [3.8, 4) is 21.8 Å². The molecule has 1 aromatic carbocycles. The van der Waals surface area contributed by atoms with Gasteiger partial charge >= 0.3 is 0 Å². The minimum atomic E-state index is -0.290. The second-order valence-corrected chi connectivity index (χ2v) is 8.08. The molecule has 1 aliphatic rings. The van der Waals surface area contributed by atoms with Crippen LogP contribution in [0.2, 0.25) is 0 Å². The highest BCUT2D eigenvalue weighted by Gasteiger charge is 2.22. The number of anilines is 1. The first-order valence-corrected chi connectivity index (χ1v) is 10.1. The Morgan fingerprint density at radius 3 is 2.57 bits per heavy atom. The molecule has 3 heterocycles. The van der Waals surface area contributed by atoms with E-state index < -0.39 is 0 Å². The molecule has 146 valence electrons. The molecular weight excluding hydrogens is 377 g/mol. The Kier molecular flexibility index (Phi) is 5.13. The summed E-state index contributed by atoms with van der Waals surface area (Å²) in [5.41, 5.74) is 2.37. The molecule has 1 saturated heterocycles. The third-order valence-corrected chi connectivity index (χ3v) is 5.93. The van der Waals surface area contributed by atoms with Crippen molar-refractivity contribution in [3.05, 3.63) is 42.6 Å². The summed E-state index contributed by atoms with van der Waals surface area (Å²) in [5.74, 6) is -0.310. The average molecular weight is 399 g/mol. The van der Waals surface area contributed by atoms with Crippen LogP contribution in [0.1, 0.15) is 12.8 Å². The summed E-state index contributed by atoms with van der Waals surface area (Å²) in [4.78, 5) is 26.3. The van der Waals surface area contributed by atoms with Crippen molar-refractivity contribution >= 4 is 22.4 Å². The summed E-state index contributed by atoms with van der Waals surface area (Å²) < 4.78 is 15.2. The highest BCUT2D eigenvalue weighted by atomic mass is 32.1. The number of halogens is 1. The monoisotopic (exact) mass is 399 g/mol. The molecule has 2 aromatic heterocycles. The van der Waals surface area contributed by atoms with E-state index in [1.807, 2.05) is 10.8 Å². The lowest BCUT2D eigenvalue weighted by Gasteiger charge is -2.13. The van der Waals surface area contributed by atoms with E-state index in [0.717, 1.165) is 40.0 Å². The number of aromatic nitrogens is 3. The molecule has 28 heavy (non-hydrogen) atoms. The van der Waals surface area contributed by atoms with Crippen LogP contribution in [0.15, 0.2) is 36.8 Å². The molecule has 0 aliphatic carbocycles. The Labute approximate surface area is 167 Å². The molecule has 4 rings (SSSR count). The van der Waals surface area contributed by atoms with Crippen molar-refractivity contribution < 1.29 is 9.18 Å². The number of thiazole rings is 1. The second-order valence-electron chi connectivity index (χ2n) is 7.07. The van der Waals surface area contributed by atoms with E-state index in [1.54, 1.807) is 48.8 Å². The Balaban J connectivity index is 1.76. The van der Waals surface area contributed by atoms with Crippen molar-refractivity contribution in [2.75, 3.05) is 32.1 Å². The zero-order chi connectivity index (χ0) is 19.7. The molecule has 0 radical (unpaired) electrons. The fourth-order valence-corrected chi connectivity index (χ4v) is 4.33. The van der Waals surface area contributed by atoms with Gasteiger partial charge in [0.1, 0.15) is 12.4 Å². The van der Waals surface area contributed by atoms with E-state index in [4.69, 9.17) is 0 Å². The van der Waals surface area contributed by atoms with E-state index in [0.29, 0.717) is 0 Å². The van der Waals surface area contributed by atoms with Gasteiger partial charge in [-0.05, 0) is 37.1 Å². The second kappa shape index (κ2) is 7.71. The van der Waals surface area contributed by atoms with Gasteiger partial charge in [-0.2, -0.15) is 0 Å². The van der Waals surface area contributed by atoms with Gasteiger partial charge in [-0.15, -0.1) is 0 Å². The van der Waals surface area contributed by atoms with Gasteiger partial charge in [0.2, 0.25) is 5.91 Å². The molecule has 1 aliphatic heterocycles. The van der Waals surface area contributed by atoms with Gasteiger partial charge in [0, 0.05) is 38.9 Å². The molecular formula is C20H22FN5OS. The molecule has 0 spiro atoms. The molecule has 6 nitrogen and oxygen atoms in total. The zero-order valence-electron chi connectivity index (χ0n) is 15.9. The van der Waals surface area contributed by atoms with Crippen LogP contribution in [-0.4, -0.2) is 52.5 Å². The molecule has 3 aromatic rings. The molecule has 0 bridgehead atoms. The largest absolute Gasteiger partial charge is 0.348 e. The molecule has 0 unspecified atom stereocenters. The number of amides is 1. The van der Waals surface area contributed by atoms with Gasteiger partial charge in [-0.1, -0.05) is 11.3 Å². The first-order valence-electron chi connectivity index (χ1n) is 9.25. The Bertz CT molecular complexity index is 973. The maximum atomic E-state index is 13.4. The third-order valence-electron chi connectivity index (χ3n) is 4.86. The van der Waals surface area contributed by atoms with Crippen LogP contribution in [0.25, 0.3) is 21.8 Å². The van der Waals surface area contributed by atoms with E-state index in [1.165, 1.54) is 25.0 Å². The third kappa shape index (κ3) is 3.64. The predicted molar refractivity (Wildman–Crippen MR) is 109 cm³/mol. The summed E-state index contributed by atoms with van der Waals surface area (Å²) in [6.07, 6.45) is 5.89. The van der Waals surface area contributed by atoms with Crippen LogP contribution in [0, 0.1) is 5.82 Å². The van der Waals surface area contributed by atoms with Gasteiger partial charge in [0.15, 0.2) is 5.13 Å². The van der Waals surface area contributed by atoms with Crippen LogP contribution in [0.5, 0.6) is 0 Å². The molecule has 0 N–H and O–H groups in total. The Morgan fingerprint density at radius 2 is 1.89 bits per heavy atom. The van der Waals surface area contributed by atoms with Crippen LogP contribution in [-0.2, 0) is 11.3 Å². The van der Waals surface area contributed by atoms with Gasteiger partial charge in [0.05, 0.1) is 22.6 Å². The fraction of sp³-hybridized carbons (Fsp3) is 0.350. The first-order chi connectivity index (χ1) is 13.5. The summed E-state index contributed by atoms with van der Waals surface area (Å²) in [5, 5.41) is 0.990. The van der Waals surface area contributed by atoms with Crippen molar-refractivity contribution in [2.24, 2.45) is 0 Å². The lowest BCUT2D eigenvalue weighted by atomic mass is 10.1. The number of imidazole rings is 1. The smallest absolute Gasteiger partial charge is 0.242 e. The topological polar surface area (TPSA) is 54.3 Å². The van der Waals surface area contributed by atoms with Crippen molar-refractivity contribution in [1.82, 2.24) is 19.4 Å². The summed E-state index contributed by atoms with van der Waals surface area (Å²) >= 11 is 1.60. The molecule has 1 amide bonds. The zero-order valence-corrected chi connectivity index (χ0v) is 16.7.